The topological polar surface area (TPSA) is 51.2 Å². The average molecular weight is 364 g/mol. The van der Waals surface area contributed by atoms with Crippen LogP contribution in [0.5, 0.6) is 17.2 Å². The van der Waals surface area contributed by atoms with Gasteiger partial charge in [-0.15, -0.1) is 0 Å². The molecule has 1 heterocycles. The van der Waals surface area contributed by atoms with E-state index in [9.17, 15) is 4.79 Å². The molecule has 6 nitrogen and oxygen atoms in total. The Kier molecular flexibility index (Phi) is 7.57. The first kappa shape index (κ1) is 20.4. The average Bonchev–Trinajstić information content (AvgIpc) is 2.64. The Labute approximate surface area is 157 Å². The second kappa shape index (κ2) is 9.67. The number of likely N-dealkylation sites (N-methyl/N-ethyl adjacent to an activating group) is 1. The van der Waals surface area contributed by atoms with E-state index < -0.39 is 0 Å². The molecule has 1 aliphatic heterocycles. The standard InChI is InChI=1S/C20H32N2O4/c1-6-24-17-12-15(13-18(25-7-2)19(17)26-8-3)20(23)22-11-9-10-16(14-22)21(4)5/h12-13,16H,6-11,14H2,1-5H3. The highest BCUT2D eigenvalue weighted by molar-refractivity contribution is 5.95. The van der Waals surface area contributed by atoms with Crippen molar-refractivity contribution >= 4 is 5.91 Å². The highest BCUT2D eigenvalue weighted by Gasteiger charge is 2.27. The number of hydrogen-bond donors (Lipinski definition) is 0. The fourth-order valence-corrected chi connectivity index (χ4v) is 3.26. The highest BCUT2D eigenvalue weighted by Crippen LogP contribution is 2.39. The molecule has 0 aromatic heterocycles. The number of likely N-dealkylation sites (tertiary alicyclic amines) is 1. The molecule has 0 saturated carbocycles. The second-order valence-electron chi connectivity index (χ2n) is 6.61. The molecule has 0 aliphatic carbocycles. The third-order valence-electron chi connectivity index (χ3n) is 4.57. The van der Waals surface area contributed by atoms with Gasteiger partial charge in [0.2, 0.25) is 5.75 Å². The largest absolute Gasteiger partial charge is 0.490 e. The van der Waals surface area contributed by atoms with E-state index in [1.165, 1.54) is 0 Å². The number of carbonyl (C=O) groups excluding carboxylic acids is 1. The first-order chi connectivity index (χ1) is 12.5. The Morgan fingerprint density at radius 1 is 1.08 bits per heavy atom. The zero-order valence-corrected chi connectivity index (χ0v) is 16.7. The smallest absolute Gasteiger partial charge is 0.254 e. The number of ether oxygens (including phenoxy) is 3. The summed E-state index contributed by atoms with van der Waals surface area (Å²) in [7, 11) is 4.13. The Morgan fingerprint density at radius 3 is 2.15 bits per heavy atom. The zero-order valence-electron chi connectivity index (χ0n) is 16.7. The quantitative estimate of drug-likeness (QED) is 0.710. The van der Waals surface area contributed by atoms with Crippen LogP contribution in [0.2, 0.25) is 0 Å². The van der Waals surface area contributed by atoms with E-state index in [0.717, 1.165) is 25.9 Å². The molecule has 1 fully saturated rings. The molecule has 1 aromatic rings. The Hall–Kier alpha value is -1.95. The van der Waals surface area contributed by atoms with Crippen LogP contribution < -0.4 is 14.2 Å². The lowest BCUT2D eigenvalue weighted by Gasteiger charge is -2.36. The van der Waals surface area contributed by atoms with Gasteiger partial charge in [0.1, 0.15) is 0 Å². The number of hydrogen-bond acceptors (Lipinski definition) is 5. The minimum atomic E-state index is 0.0153. The Balaban J connectivity index is 2.33. The fraction of sp³-hybridized carbons (Fsp3) is 0.650. The summed E-state index contributed by atoms with van der Waals surface area (Å²) in [5, 5.41) is 0. The van der Waals surface area contributed by atoms with E-state index in [1.54, 1.807) is 12.1 Å². The minimum Gasteiger partial charge on any atom is -0.490 e. The molecule has 1 amide bonds. The number of benzene rings is 1. The normalized spacial score (nSPS) is 17.3. The molecule has 26 heavy (non-hydrogen) atoms. The summed E-state index contributed by atoms with van der Waals surface area (Å²) >= 11 is 0. The third-order valence-corrected chi connectivity index (χ3v) is 4.57. The van der Waals surface area contributed by atoms with E-state index in [2.05, 4.69) is 19.0 Å². The van der Waals surface area contributed by atoms with Gasteiger partial charge in [0, 0.05) is 24.7 Å². The van der Waals surface area contributed by atoms with Crippen LogP contribution in [0, 0.1) is 0 Å². The monoisotopic (exact) mass is 364 g/mol. The van der Waals surface area contributed by atoms with Gasteiger partial charge in [-0.3, -0.25) is 4.79 Å². The van der Waals surface area contributed by atoms with Gasteiger partial charge in [0.15, 0.2) is 11.5 Å². The molecular formula is C20H32N2O4. The van der Waals surface area contributed by atoms with Gasteiger partial charge in [0.05, 0.1) is 19.8 Å². The number of carbonyl (C=O) groups is 1. The van der Waals surface area contributed by atoms with E-state index in [-0.39, 0.29) is 5.91 Å². The van der Waals surface area contributed by atoms with Crippen LogP contribution in [-0.4, -0.2) is 68.8 Å². The molecule has 0 N–H and O–H groups in total. The van der Waals surface area contributed by atoms with Gasteiger partial charge in [-0.1, -0.05) is 0 Å². The van der Waals surface area contributed by atoms with Crippen LogP contribution in [0.15, 0.2) is 12.1 Å². The van der Waals surface area contributed by atoms with E-state index in [4.69, 9.17) is 14.2 Å². The number of rotatable bonds is 8. The van der Waals surface area contributed by atoms with Crippen molar-refractivity contribution in [3.05, 3.63) is 17.7 Å². The number of nitrogens with zero attached hydrogens (tertiary/aromatic N) is 2. The van der Waals surface area contributed by atoms with Crippen molar-refractivity contribution in [3.63, 3.8) is 0 Å². The summed E-state index contributed by atoms with van der Waals surface area (Å²) in [6.07, 6.45) is 2.14. The molecule has 0 radical (unpaired) electrons. The summed E-state index contributed by atoms with van der Waals surface area (Å²) in [5.74, 6) is 1.70. The maximum atomic E-state index is 13.1. The molecule has 2 rings (SSSR count). The van der Waals surface area contributed by atoms with Gasteiger partial charge < -0.3 is 24.0 Å². The maximum absolute atomic E-state index is 13.1. The summed E-state index contributed by atoms with van der Waals surface area (Å²) in [6, 6.07) is 3.95. The van der Waals surface area contributed by atoms with Gasteiger partial charge in [-0.2, -0.15) is 0 Å². The van der Waals surface area contributed by atoms with Gasteiger partial charge in [-0.25, -0.2) is 0 Å². The number of piperidine rings is 1. The summed E-state index contributed by atoms with van der Waals surface area (Å²) in [4.78, 5) is 17.2. The molecule has 1 unspecified atom stereocenters. The van der Waals surface area contributed by atoms with E-state index in [0.29, 0.717) is 48.7 Å². The zero-order chi connectivity index (χ0) is 19.1. The molecule has 1 atom stereocenters. The first-order valence-corrected chi connectivity index (χ1v) is 9.53. The number of amides is 1. The molecule has 6 heteroatoms. The van der Waals surface area contributed by atoms with E-state index in [1.807, 2.05) is 25.7 Å². The summed E-state index contributed by atoms with van der Waals surface area (Å²) in [5.41, 5.74) is 0.583. The lowest BCUT2D eigenvalue weighted by molar-refractivity contribution is 0.0634. The van der Waals surface area contributed by atoms with Crippen molar-refractivity contribution in [2.24, 2.45) is 0 Å². The first-order valence-electron chi connectivity index (χ1n) is 9.53. The molecular weight excluding hydrogens is 332 g/mol. The van der Waals surface area contributed by atoms with Crippen LogP contribution in [-0.2, 0) is 0 Å². The fourth-order valence-electron chi connectivity index (χ4n) is 3.26. The van der Waals surface area contributed by atoms with Crippen molar-refractivity contribution in [1.82, 2.24) is 9.80 Å². The van der Waals surface area contributed by atoms with Gasteiger partial charge in [0.25, 0.3) is 5.91 Å². The maximum Gasteiger partial charge on any atom is 0.254 e. The summed E-state index contributed by atoms with van der Waals surface area (Å²) in [6.45, 7) is 8.76. The van der Waals surface area contributed by atoms with Crippen LogP contribution in [0.1, 0.15) is 44.0 Å². The second-order valence-corrected chi connectivity index (χ2v) is 6.61. The van der Waals surface area contributed by atoms with Crippen molar-refractivity contribution in [1.29, 1.82) is 0 Å². The SMILES string of the molecule is CCOc1cc(C(=O)N2CCCC(N(C)C)C2)cc(OCC)c1OCC. The van der Waals surface area contributed by atoms with Gasteiger partial charge in [-0.05, 0) is 59.8 Å². The van der Waals surface area contributed by atoms with E-state index >= 15 is 0 Å². The van der Waals surface area contributed by atoms with Crippen molar-refractivity contribution < 1.29 is 19.0 Å². The predicted octanol–water partition coefficient (Wildman–Crippen LogP) is 3.05. The molecule has 1 saturated heterocycles. The molecule has 1 aromatic carbocycles. The minimum absolute atomic E-state index is 0.0153. The highest BCUT2D eigenvalue weighted by atomic mass is 16.5. The Morgan fingerprint density at radius 2 is 1.65 bits per heavy atom. The van der Waals surface area contributed by atoms with Crippen molar-refractivity contribution in [2.75, 3.05) is 47.0 Å². The van der Waals surface area contributed by atoms with Gasteiger partial charge >= 0.3 is 0 Å². The lowest BCUT2D eigenvalue weighted by Crippen LogP contribution is -2.47. The van der Waals surface area contributed by atoms with Crippen LogP contribution in [0.3, 0.4) is 0 Å². The summed E-state index contributed by atoms with van der Waals surface area (Å²) < 4.78 is 17.2. The van der Waals surface area contributed by atoms with Crippen molar-refractivity contribution in [2.45, 2.75) is 39.7 Å². The molecule has 0 spiro atoms. The predicted molar refractivity (Wildman–Crippen MR) is 103 cm³/mol. The molecule has 146 valence electrons. The Bertz CT molecular complexity index is 576. The van der Waals surface area contributed by atoms with Crippen LogP contribution in [0.4, 0.5) is 0 Å². The van der Waals surface area contributed by atoms with Crippen molar-refractivity contribution in [3.8, 4) is 17.2 Å². The molecule has 0 bridgehead atoms. The molecule has 1 aliphatic rings. The lowest BCUT2D eigenvalue weighted by atomic mass is 10.0. The van der Waals surface area contributed by atoms with Crippen LogP contribution in [0.25, 0.3) is 0 Å². The van der Waals surface area contributed by atoms with Crippen LogP contribution >= 0.6 is 0 Å². The third kappa shape index (κ3) is 4.81.